The molecule has 0 atom stereocenters. The Kier molecular flexibility index (Phi) is 5.44. The Bertz CT molecular complexity index is 884. The lowest BCUT2D eigenvalue weighted by Crippen LogP contribution is -2.37. The number of sulfonamides is 1. The number of carbonyl (C=O) groups is 1. The van der Waals surface area contributed by atoms with Gasteiger partial charge in [0, 0.05) is 24.3 Å². The zero-order chi connectivity index (χ0) is 18.7. The molecule has 0 aliphatic carbocycles. The maximum Gasteiger partial charge on any atom is 0.255 e. The molecule has 1 amide bonds. The van der Waals surface area contributed by atoms with Gasteiger partial charge in [0.05, 0.1) is 4.90 Å². The molecule has 0 spiro atoms. The SMILES string of the molecule is Cc1ccc(NC(=O)c2cccc(S(=O)(=O)N3CCC(C)CC3)c2)cc1. The fraction of sp³-hybridized carbons (Fsp3) is 0.350. The van der Waals surface area contributed by atoms with E-state index in [9.17, 15) is 13.2 Å². The Balaban J connectivity index is 1.79. The van der Waals surface area contributed by atoms with Crippen molar-refractivity contribution in [1.82, 2.24) is 4.31 Å². The molecular weight excluding hydrogens is 348 g/mol. The molecule has 6 heteroatoms. The highest BCUT2D eigenvalue weighted by atomic mass is 32.2. The summed E-state index contributed by atoms with van der Waals surface area (Å²) in [5.41, 5.74) is 2.11. The molecule has 1 saturated heterocycles. The highest BCUT2D eigenvalue weighted by Gasteiger charge is 2.28. The van der Waals surface area contributed by atoms with Gasteiger partial charge in [-0.3, -0.25) is 4.79 Å². The molecule has 0 bridgehead atoms. The van der Waals surface area contributed by atoms with Crippen molar-refractivity contribution >= 4 is 21.6 Å². The van der Waals surface area contributed by atoms with E-state index in [1.54, 1.807) is 18.2 Å². The molecule has 1 heterocycles. The van der Waals surface area contributed by atoms with Crippen molar-refractivity contribution in [2.45, 2.75) is 31.6 Å². The number of nitrogens with zero attached hydrogens (tertiary/aromatic N) is 1. The van der Waals surface area contributed by atoms with Gasteiger partial charge in [0.2, 0.25) is 10.0 Å². The molecule has 3 rings (SSSR count). The van der Waals surface area contributed by atoms with E-state index in [0.717, 1.165) is 18.4 Å². The Morgan fingerprint density at radius 2 is 1.73 bits per heavy atom. The van der Waals surface area contributed by atoms with Gasteiger partial charge in [-0.05, 0) is 56.0 Å². The molecule has 1 aliphatic heterocycles. The normalized spacial score (nSPS) is 16.4. The number of benzene rings is 2. The molecule has 26 heavy (non-hydrogen) atoms. The highest BCUT2D eigenvalue weighted by molar-refractivity contribution is 7.89. The first-order valence-corrected chi connectivity index (χ1v) is 10.3. The van der Waals surface area contributed by atoms with Crippen LogP contribution >= 0.6 is 0 Å². The zero-order valence-electron chi connectivity index (χ0n) is 15.1. The second-order valence-electron chi connectivity index (χ2n) is 6.93. The van der Waals surface area contributed by atoms with Gasteiger partial charge < -0.3 is 5.32 Å². The molecule has 1 N–H and O–H groups in total. The van der Waals surface area contributed by atoms with Gasteiger partial charge in [-0.25, -0.2) is 8.42 Å². The zero-order valence-corrected chi connectivity index (χ0v) is 15.9. The number of carbonyl (C=O) groups excluding carboxylic acids is 1. The fourth-order valence-corrected chi connectivity index (χ4v) is 4.53. The highest BCUT2D eigenvalue weighted by Crippen LogP contribution is 2.24. The Morgan fingerprint density at radius 1 is 1.08 bits per heavy atom. The van der Waals surface area contributed by atoms with E-state index in [1.165, 1.54) is 10.4 Å². The summed E-state index contributed by atoms with van der Waals surface area (Å²) >= 11 is 0. The van der Waals surface area contributed by atoms with Crippen LogP contribution < -0.4 is 5.32 Å². The van der Waals surface area contributed by atoms with Crippen molar-refractivity contribution in [2.75, 3.05) is 18.4 Å². The standard InChI is InChI=1S/C20H24N2O3S/c1-15-6-8-18(9-7-15)21-20(23)17-4-3-5-19(14-17)26(24,25)22-12-10-16(2)11-13-22/h3-9,14,16H,10-13H2,1-2H3,(H,21,23). The maximum atomic E-state index is 12.9. The average molecular weight is 372 g/mol. The van der Waals surface area contributed by atoms with Crippen molar-refractivity contribution in [3.8, 4) is 0 Å². The lowest BCUT2D eigenvalue weighted by atomic mass is 10.0. The lowest BCUT2D eigenvalue weighted by molar-refractivity contribution is 0.102. The topological polar surface area (TPSA) is 66.5 Å². The predicted octanol–water partition coefficient (Wildman–Crippen LogP) is 3.67. The van der Waals surface area contributed by atoms with Crippen LogP contribution in [0.15, 0.2) is 53.4 Å². The number of rotatable bonds is 4. The van der Waals surface area contributed by atoms with E-state index in [-0.39, 0.29) is 10.8 Å². The van der Waals surface area contributed by atoms with E-state index in [1.807, 2.05) is 31.2 Å². The summed E-state index contributed by atoms with van der Waals surface area (Å²) in [5, 5.41) is 2.80. The average Bonchev–Trinajstić information content (AvgIpc) is 2.64. The van der Waals surface area contributed by atoms with Crippen LogP contribution in [0.1, 0.15) is 35.7 Å². The smallest absolute Gasteiger partial charge is 0.255 e. The van der Waals surface area contributed by atoms with Crippen molar-refractivity contribution in [3.05, 3.63) is 59.7 Å². The third-order valence-electron chi connectivity index (χ3n) is 4.79. The number of nitrogens with one attached hydrogen (secondary N) is 1. The molecule has 1 fully saturated rings. The molecule has 0 aromatic heterocycles. The van der Waals surface area contributed by atoms with Gasteiger partial charge in [0.1, 0.15) is 0 Å². The number of aryl methyl sites for hydroxylation is 1. The van der Waals surface area contributed by atoms with Crippen LogP contribution in [0.4, 0.5) is 5.69 Å². The first-order valence-electron chi connectivity index (χ1n) is 8.84. The minimum Gasteiger partial charge on any atom is -0.322 e. The Labute approximate surface area is 155 Å². The van der Waals surface area contributed by atoms with E-state index >= 15 is 0 Å². The summed E-state index contributed by atoms with van der Waals surface area (Å²) in [6.07, 6.45) is 1.74. The molecule has 0 radical (unpaired) electrons. The van der Waals surface area contributed by atoms with E-state index < -0.39 is 10.0 Å². The molecule has 0 unspecified atom stereocenters. The summed E-state index contributed by atoms with van der Waals surface area (Å²) < 4.78 is 27.2. The third kappa shape index (κ3) is 4.14. The van der Waals surface area contributed by atoms with Gasteiger partial charge in [0.25, 0.3) is 5.91 Å². The van der Waals surface area contributed by atoms with E-state index in [2.05, 4.69) is 12.2 Å². The summed E-state index contributed by atoms with van der Waals surface area (Å²) in [7, 11) is -3.57. The van der Waals surface area contributed by atoms with E-state index in [4.69, 9.17) is 0 Å². The first-order chi connectivity index (χ1) is 12.4. The van der Waals surface area contributed by atoms with Crippen LogP contribution in [0.5, 0.6) is 0 Å². The number of amides is 1. The Morgan fingerprint density at radius 3 is 2.38 bits per heavy atom. The van der Waals surface area contributed by atoms with Crippen LogP contribution in [0.3, 0.4) is 0 Å². The number of anilines is 1. The number of hydrogen-bond donors (Lipinski definition) is 1. The van der Waals surface area contributed by atoms with Crippen molar-refractivity contribution in [1.29, 1.82) is 0 Å². The maximum absolute atomic E-state index is 12.9. The fourth-order valence-electron chi connectivity index (χ4n) is 3.01. The monoisotopic (exact) mass is 372 g/mol. The number of hydrogen-bond acceptors (Lipinski definition) is 3. The lowest BCUT2D eigenvalue weighted by Gasteiger charge is -2.29. The van der Waals surface area contributed by atoms with Gasteiger partial charge in [0.15, 0.2) is 0 Å². The summed E-state index contributed by atoms with van der Waals surface area (Å²) in [5.74, 6) is 0.228. The first kappa shape index (κ1) is 18.6. The van der Waals surface area contributed by atoms with Crippen LogP contribution in [0, 0.1) is 12.8 Å². The molecular formula is C20H24N2O3S. The third-order valence-corrected chi connectivity index (χ3v) is 6.68. The second-order valence-corrected chi connectivity index (χ2v) is 8.87. The van der Waals surface area contributed by atoms with Gasteiger partial charge in [-0.15, -0.1) is 0 Å². The Hall–Kier alpha value is -2.18. The van der Waals surface area contributed by atoms with Crippen LogP contribution in [0.25, 0.3) is 0 Å². The van der Waals surface area contributed by atoms with Gasteiger partial charge in [-0.2, -0.15) is 4.31 Å². The second kappa shape index (κ2) is 7.60. The molecule has 138 valence electrons. The quantitative estimate of drug-likeness (QED) is 0.890. The van der Waals surface area contributed by atoms with Crippen LogP contribution in [-0.4, -0.2) is 31.7 Å². The predicted molar refractivity (Wildman–Crippen MR) is 103 cm³/mol. The van der Waals surface area contributed by atoms with Crippen LogP contribution in [0.2, 0.25) is 0 Å². The molecule has 2 aromatic rings. The summed E-state index contributed by atoms with van der Waals surface area (Å²) in [4.78, 5) is 12.6. The number of piperidine rings is 1. The van der Waals surface area contributed by atoms with Crippen molar-refractivity contribution < 1.29 is 13.2 Å². The molecule has 0 saturated carbocycles. The minimum atomic E-state index is -3.57. The van der Waals surface area contributed by atoms with Crippen molar-refractivity contribution in [2.24, 2.45) is 5.92 Å². The molecule has 5 nitrogen and oxygen atoms in total. The van der Waals surface area contributed by atoms with Crippen molar-refractivity contribution in [3.63, 3.8) is 0 Å². The molecule has 2 aromatic carbocycles. The molecule has 1 aliphatic rings. The van der Waals surface area contributed by atoms with E-state index in [0.29, 0.717) is 30.3 Å². The summed E-state index contributed by atoms with van der Waals surface area (Å²) in [6, 6.07) is 13.7. The van der Waals surface area contributed by atoms with Gasteiger partial charge in [-0.1, -0.05) is 30.7 Å². The minimum absolute atomic E-state index is 0.170. The largest absolute Gasteiger partial charge is 0.322 e. The van der Waals surface area contributed by atoms with Crippen LogP contribution in [-0.2, 0) is 10.0 Å². The summed E-state index contributed by atoms with van der Waals surface area (Å²) in [6.45, 7) is 5.17. The van der Waals surface area contributed by atoms with Gasteiger partial charge >= 0.3 is 0 Å².